The molecular formula is C19H26O10S2. The fourth-order valence-corrected chi connectivity index (χ4v) is 2.77. The van der Waals surface area contributed by atoms with E-state index in [2.05, 4.69) is 17.0 Å². The van der Waals surface area contributed by atoms with E-state index >= 15 is 0 Å². The van der Waals surface area contributed by atoms with Gasteiger partial charge in [-0.25, -0.2) is 9.59 Å². The second-order valence-corrected chi connectivity index (χ2v) is 9.44. The molecule has 1 aromatic heterocycles. The number of esters is 2. The Hall–Kier alpha value is -2.21. The van der Waals surface area contributed by atoms with Crippen LogP contribution in [0.2, 0.25) is 0 Å². The van der Waals surface area contributed by atoms with E-state index in [1.165, 1.54) is 6.92 Å². The lowest BCUT2D eigenvalue weighted by molar-refractivity contribution is -0.155. The van der Waals surface area contributed by atoms with Crippen molar-refractivity contribution in [1.29, 1.82) is 0 Å². The van der Waals surface area contributed by atoms with E-state index in [9.17, 15) is 24.0 Å². The molecule has 0 N–H and O–H groups in total. The minimum absolute atomic E-state index is 0.0389. The van der Waals surface area contributed by atoms with Crippen molar-refractivity contribution >= 4 is 47.4 Å². The molecule has 0 unspecified atom stereocenters. The third kappa shape index (κ3) is 9.64. The number of rotatable bonds is 11. The molecule has 0 radical (unpaired) electrons. The van der Waals surface area contributed by atoms with Crippen LogP contribution < -0.4 is 5.82 Å². The quantitative estimate of drug-likeness (QED) is 0.285. The number of ketones is 1. The highest BCUT2D eigenvalue weighted by atomic mass is 32.2. The first-order chi connectivity index (χ1) is 14.3. The van der Waals surface area contributed by atoms with E-state index in [4.69, 9.17) is 18.6 Å². The second-order valence-electron chi connectivity index (χ2n) is 7.37. The molecule has 1 heterocycles. The lowest BCUT2D eigenvalue weighted by Gasteiger charge is -2.20. The molecule has 0 spiro atoms. The zero-order valence-corrected chi connectivity index (χ0v) is 19.6. The van der Waals surface area contributed by atoms with Crippen LogP contribution in [0.5, 0.6) is 0 Å². The molecule has 0 aliphatic carbocycles. The van der Waals surface area contributed by atoms with Gasteiger partial charge in [-0.05, 0) is 32.5 Å². The maximum absolute atomic E-state index is 12.5. The van der Waals surface area contributed by atoms with Crippen molar-refractivity contribution < 1.29 is 42.2 Å². The smallest absolute Gasteiger partial charge is 0.457 e. The molecular weight excluding hydrogens is 452 g/mol. The van der Waals surface area contributed by atoms with Gasteiger partial charge in [-0.15, -0.1) is 0 Å². The van der Waals surface area contributed by atoms with E-state index in [1.54, 1.807) is 27.7 Å². The van der Waals surface area contributed by atoms with Crippen LogP contribution in [0.3, 0.4) is 0 Å². The Bertz CT molecular complexity index is 847. The molecule has 31 heavy (non-hydrogen) atoms. The van der Waals surface area contributed by atoms with Crippen molar-refractivity contribution in [2.24, 2.45) is 11.8 Å². The molecule has 0 amide bonds. The average Bonchev–Trinajstić information content (AvgIpc) is 2.98. The number of Topliss-reactive ketones (excluding diaryl/α,β-unsaturated/α-hetero) is 1. The van der Waals surface area contributed by atoms with E-state index in [0.29, 0.717) is 11.8 Å². The Morgan fingerprint density at radius 2 is 1.71 bits per heavy atom. The van der Waals surface area contributed by atoms with Crippen LogP contribution in [0, 0.1) is 18.8 Å². The molecule has 1 rings (SSSR count). The van der Waals surface area contributed by atoms with Crippen molar-refractivity contribution in [3.05, 3.63) is 22.1 Å². The molecule has 174 valence electrons. The molecule has 0 aliphatic rings. The van der Waals surface area contributed by atoms with E-state index in [1.807, 2.05) is 0 Å². The van der Waals surface area contributed by atoms with Gasteiger partial charge in [0.2, 0.25) is 6.79 Å². The molecule has 0 fully saturated rings. The first-order valence-electron chi connectivity index (χ1n) is 9.29. The minimum atomic E-state index is -0.997. The molecule has 0 bridgehead atoms. The number of thioether (sulfide) groups is 1. The first-order valence-corrected chi connectivity index (χ1v) is 10.7. The van der Waals surface area contributed by atoms with E-state index in [0.717, 1.165) is 0 Å². The number of carbonyl (C=O) groups is 4. The molecule has 0 aromatic carbocycles. The summed E-state index contributed by atoms with van der Waals surface area (Å²) in [6, 6.07) is 0. The standard InChI is InChI=1S/C19H26O10S2/c1-10(2)15(21)26-9-27-18(24)31-8-12(6-14(20)19(4,5)30)16(22)25-7-13-11(3)28-17(23)29-13/h10,12,30H,6-9H2,1-5H3/t12-/m0/s1. The highest BCUT2D eigenvalue weighted by molar-refractivity contribution is 8.13. The van der Waals surface area contributed by atoms with Crippen LogP contribution in [0.1, 0.15) is 45.6 Å². The van der Waals surface area contributed by atoms with Crippen LogP contribution in [-0.2, 0) is 35.2 Å². The summed E-state index contributed by atoms with van der Waals surface area (Å²) in [6.45, 7) is 6.96. The lowest BCUT2D eigenvalue weighted by atomic mass is 9.97. The van der Waals surface area contributed by atoms with Crippen molar-refractivity contribution in [3.8, 4) is 0 Å². The molecule has 0 saturated heterocycles. The van der Waals surface area contributed by atoms with Gasteiger partial charge in [0.15, 0.2) is 18.1 Å². The Labute approximate surface area is 188 Å². The Morgan fingerprint density at radius 1 is 1.06 bits per heavy atom. The highest BCUT2D eigenvalue weighted by Gasteiger charge is 2.31. The third-order valence-corrected chi connectivity index (χ3v) is 5.05. The minimum Gasteiger partial charge on any atom is -0.457 e. The predicted molar refractivity (Wildman–Crippen MR) is 113 cm³/mol. The van der Waals surface area contributed by atoms with Gasteiger partial charge >= 0.3 is 23.1 Å². The number of ether oxygens (including phenoxy) is 3. The second kappa shape index (κ2) is 12.0. The summed E-state index contributed by atoms with van der Waals surface area (Å²) in [5.41, 5.74) is 0. The predicted octanol–water partition coefficient (Wildman–Crippen LogP) is 2.89. The molecule has 1 aromatic rings. The van der Waals surface area contributed by atoms with Gasteiger partial charge in [0.05, 0.1) is 16.6 Å². The van der Waals surface area contributed by atoms with Crippen LogP contribution in [0.4, 0.5) is 4.79 Å². The van der Waals surface area contributed by atoms with Gasteiger partial charge in [0.1, 0.15) is 5.78 Å². The van der Waals surface area contributed by atoms with Crippen LogP contribution in [-0.4, -0.2) is 40.3 Å². The van der Waals surface area contributed by atoms with Crippen LogP contribution in [0.25, 0.3) is 0 Å². The summed E-state index contributed by atoms with van der Waals surface area (Å²) >= 11 is 4.83. The maximum atomic E-state index is 12.5. The largest absolute Gasteiger partial charge is 0.519 e. The summed E-state index contributed by atoms with van der Waals surface area (Å²) in [7, 11) is 0. The number of carbonyl (C=O) groups excluding carboxylic acids is 4. The zero-order valence-electron chi connectivity index (χ0n) is 17.9. The highest BCUT2D eigenvalue weighted by Crippen LogP contribution is 2.23. The van der Waals surface area contributed by atoms with Crippen molar-refractivity contribution in [2.45, 2.75) is 52.4 Å². The summed E-state index contributed by atoms with van der Waals surface area (Å²) in [5.74, 6) is -3.85. The third-order valence-electron chi connectivity index (χ3n) is 3.88. The van der Waals surface area contributed by atoms with Crippen LogP contribution >= 0.6 is 24.4 Å². The van der Waals surface area contributed by atoms with E-state index in [-0.39, 0.29) is 42.0 Å². The zero-order chi connectivity index (χ0) is 23.8. The molecule has 12 heteroatoms. The number of thiol groups is 1. The van der Waals surface area contributed by atoms with E-state index < -0.39 is 40.5 Å². The normalized spacial score (nSPS) is 12.4. The summed E-state index contributed by atoms with van der Waals surface area (Å²) < 4.78 is 23.1. The number of aryl methyl sites for hydroxylation is 1. The maximum Gasteiger partial charge on any atom is 0.519 e. The van der Waals surface area contributed by atoms with Crippen molar-refractivity contribution in [1.82, 2.24) is 0 Å². The summed E-state index contributed by atoms with van der Waals surface area (Å²) in [5, 5.41) is -0.788. The molecule has 1 atom stereocenters. The summed E-state index contributed by atoms with van der Waals surface area (Å²) in [6.07, 6.45) is -0.230. The van der Waals surface area contributed by atoms with Gasteiger partial charge in [0.25, 0.3) is 0 Å². The van der Waals surface area contributed by atoms with Gasteiger partial charge in [0, 0.05) is 12.2 Å². The fraction of sp³-hybridized carbons (Fsp3) is 0.632. The number of hydrogen-bond donors (Lipinski definition) is 1. The topological polar surface area (TPSA) is 139 Å². The number of hydrogen-bond acceptors (Lipinski definition) is 12. The Kier molecular flexibility index (Phi) is 10.4. The van der Waals surface area contributed by atoms with Gasteiger partial charge in [-0.2, -0.15) is 12.6 Å². The average molecular weight is 479 g/mol. The molecule has 0 saturated carbocycles. The molecule has 10 nitrogen and oxygen atoms in total. The fourth-order valence-electron chi connectivity index (χ4n) is 1.96. The van der Waals surface area contributed by atoms with Gasteiger partial charge in [-0.3, -0.25) is 14.4 Å². The van der Waals surface area contributed by atoms with Crippen molar-refractivity contribution in [3.63, 3.8) is 0 Å². The lowest BCUT2D eigenvalue weighted by Crippen LogP contribution is -2.31. The first kappa shape index (κ1) is 26.8. The van der Waals surface area contributed by atoms with Gasteiger partial charge < -0.3 is 23.0 Å². The van der Waals surface area contributed by atoms with Gasteiger partial charge in [-0.1, -0.05) is 13.8 Å². The van der Waals surface area contributed by atoms with Crippen LogP contribution in [0.15, 0.2) is 13.6 Å². The molecule has 0 aliphatic heterocycles. The monoisotopic (exact) mass is 478 g/mol. The Morgan fingerprint density at radius 3 is 2.23 bits per heavy atom. The Balaban J connectivity index is 2.68. The van der Waals surface area contributed by atoms with Crippen molar-refractivity contribution in [2.75, 3.05) is 12.5 Å². The SMILES string of the molecule is Cc1oc(=O)oc1COC(=O)[C@H](CSC(=O)OCOC(=O)C(C)C)CC(=O)C(C)(C)S. The summed E-state index contributed by atoms with van der Waals surface area (Å²) in [4.78, 5) is 59.1.